The van der Waals surface area contributed by atoms with Crippen molar-refractivity contribution in [3.63, 3.8) is 0 Å². The lowest BCUT2D eigenvalue weighted by Crippen LogP contribution is -2.91. The van der Waals surface area contributed by atoms with Crippen LogP contribution in [0.4, 0.5) is 0 Å². The average Bonchev–Trinajstić information content (AvgIpc) is 3.53. The SMILES string of the molecule is CCC[C@H](NC(=O)[C@H](CC(C)(C)C)NC(=O)C1=CC[N+](C)([O-])C=C1)C(=O)N[C@H](CN[C@@H](C)C(=O)N[C@H](C(=O)[NH2+]CC)C(C)C)Cc1cscn1. The van der Waals surface area contributed by atoms with Gasteiger partial charge in [0, 0.05) is 36.0 Å². The van der Waals surface area contributed by atoms with Gasteiger partial charge < -0.3 is 36.4 Å². The molecule has 0 aliphatic carbocycles. The molecule has 15 heteroatoms. The summed E-state index contributed by atoms with van der Waals surface area (Å²) in [5.74, 6) is -1.90. The molecule has 7 N–H and O–H groups in total. The van der Waals surface area contributed by atoms with Crippen LogP contribution in [0.25, 0.3) is 0 Å². The summed E-state index contributed by atoms with van der Waals surface area (Å²) in [6.07, 6.45) is 6.05. The number of carbonyl (C=O) groups excluding carboxylic acids is 5. The van der Waals surface area contributed by atoms with Gasteiger partial charge in [0.2, 0.25) is 17.7 Å². The Kier molecular flexibility index (Phi) is 16.9. The number of aromatic nitrogens is 1. The van der Waals surface area contributed by atoms with Crippen molar-refractivity contribution in [2.24, 2.45) is 11.3 Å². The van der Waals surface area contributed by atoms with E-state index in [-0.39, 0.29) is 36.2 Å². The fraction of sp³-hybridized carbons (Fsp3) is 0.657. The smallest absolute Gasteiger partial charge is 0.333 e. The number of rotatable bonds is 19. The van der Waals surface area contributed by atoms with Gasteiger partial charge in [0.1, 0.15) is 24.7 Å². The molecular weight excluding hydrogens is 661 g/mol. The van der Waals surface area contributed by atoms with Crippen LogP contribution in [0.15, 0.2) is 34.8 Å². The number of likely N-dealkylation sites (N-methyl/N-ethyl adjacent to an activating group) is 2. The molecule has 0 radical (unpaired) electrons. The Morgan fingerprint density at radius 2 is 1.68 bits per heavy atom. The van der Waals surface area contributed by atoms with E-state index in [0.29, 0.717) is 37.8 Å². The van der Waals surface area contributed by atoms with Crippen LogP contribution in [-0.4, -0.2) is 96.1 Å². The highest BCUT2D eigenvalue weighted by Crippen LogP contribution is 2.22. The van der Waals surface area contributed by atoms with Gasteiger partial charge in [0.25, 0.3) is 5.91 Å². The normalized spacial score (nSPS) is 19.1. The molecule has 50 heavy (non-hydrogen) atoms. The van der Waals surface area contributed by atoms with Crippen LogP contribution in [0.5, 0.6) is 0 Å². The van der Waals surface area contributed by atoms with Gasteiger partial charge >= 0.3 is 5.91 Å². The molecule has 2 rings (SSSR count). The first-order chi connectivity index (χ1) is 23.4. The second-order valence-corrected chi connectivity index (χ2v) is 15.5. The van der Waals surface area contributed by atoms with Crippen molar-refractivity contribution in [2.75, 3.05) is 26.7 Å². The van der Waals surface area contributed by atoms with Crippen molar-refractivity contribution in [3.8, 4) is 0 Å². The predicted octanol–water partition coefficient (Wildman–Crippen LogP) is 1.00. The third-order valence-electron chi connectivity index (χ3n) is 8.18. The second-order valence-electron chi connectivity index (χ2n) is 14.7. The minimum Gasteiger partial charge on any atom is -0.628 e. The van der Waals surface area contributed by atoms with E-state index in [4.69, 9.17) is 0 Å². The fourth-order valence-corrected chi connectivity index (χ4v) is 5.93. The molecule has 1 aliphatic rings. The van der Waals surface area contributed by atoms with E-state index < -0.39 is 52.6 Å². The molecule has 0 spiro atoms. The topological polar surface area (TPSA) is 198 Å². The number of nitrogens with two attached hydrogens (primary N) is 1. The summed E-state index contributed by atoms with van der Waals surface area (Å²) in [4.78, 5) is 70.6. The Balaban J connectivity index is 2.16. The molecule has 0 saturated heterocycles. The largest absolute Gasteiger partial charge is 0.628 e. The molecule has 0 aromatic carbocycles. The lowest BCUT2D eigenvalue weighted by molar-refractivity contribution is -0.801. The zero-order valence-corrected chi connectivity index (χ0v) is 31.9. The van der Waals surface area contributed by atoms with Crippen molar-refractivity contribution < 1.29 is 33.9 Å². The zero-order chi connectivity index (χ0) is 37.6. The van der Waals surface area contributed by atoms with Gasteiger partial charge in [-0.2, -0.15) is 0 Å². The minimum absolute atomic E-state index is 0.0872. The number of nitrogens with zero attached hydrogens (tertiary/aromatic N) is 2. The molecule has 0 saturated carbocycles. The quantitative estimate of drug-likeness (QED) is 0.0899. The Morgan fingerprint density at radius 3 is 2.22 bits per heavy atom. The highest BCUT2D eigenvalue weighted by molar-refractivity contribution is 7.07. The molecule has 14 nitrogen and oxygen atoms in total. The van der Waals surface area contributed by atoms with Gasteiger partial charge in [0.15, 0.2) is 0 Å². The van der Waals surface area contributed by atoms with Crippen molar-refractivity contribution in [3.05, 3.63) is 45.7 Å². The summed E-state index contributed by atoms with van der Waals surface area (Å²) in [6, 6.07) is -3.59. The predicted molar refractivity (Wildman–Crippen MR) is 194 cm³/mol. The molecule has 1 aliphatic heterocycles. The number of hydroxylamine groups is 3. The number of hydrogen-bond acceptors (Lipinski definition) is 9. The maximum absolute atomic E-state index is 13.8. The van der Waals surface area contributed by atoms with Gasteiger partial charge in [0.05, 0.1) is 37.0 Å². The van der Waals surface area contributed by atoms with Gasteiger partial charge in [-0.3, -0.25) is 24.5 Å². The monoisotopic (exact) mass is 719 g/mol. The first-order valence-corrected chi connectivity index (χ1v) is 18.4. The van der Waals surface area contributed by atoms with E-state index in [9.17, 15) is 29.2 Å². The maximum Gasteiger partial charge on any atom is 0.333 e. The number of thiazole rings is 1. The van der Waals surface area contributed by atoms with E-state index in [1.807, 2.05) is 53.8 Å². The first kappa shape index (κ1) is 42.7. The van der Waals surface area contributed by atoms with Gasteiger partial charge in [-0.25, -0.2) is 9.78 Å². The van der Waals surface area contributed by atoms with Crippen molar-refractivity contribution >= 4 is 40.9 Å². The Labute approximate surface area is 300 Å². The molecule has 280 valence electrons. The standard InChI is InChI=1S/C35H58N8O6S/c1-10-12-27(40-33(47)28(18-35(6,7)8)41-31(45)24-13-15-43(9,49)16-14-24)32(46)39-25(17-26-20-50-21-38-26)19-37-23(5)30(44)42-29(22(3)4)34(48)36-11-2/h13-15,20-23,25,27-29,37H,10-12,16-19H2,1-9H3,(H,36,48)(H,39,46)(H,40,47)(H,41,45)(H,42,44)/p+1/t23-,25-,27-,28-,29-,43?/m0/s1. The minimum atomic E-state index is -0.928. The van der Waals surface area contributed by atoms with Crippen molar-refractivity contribution in [2.45, 2.75) is 111 Å². The number of primary amides is 1. The number of carbonyl (C=O) groups is 5. The Hall–Kier alpha value is -3.50. The molecule has 6 atom stereocenters. The number of amides is 5. The van der Waals surface area contributed by atoms with E-state index >= 15 is 0 Å². The van der Waals surface area contributed by atoms with E-state index in [2.05, 4.69) is 31.6 Å². The summed E-state index contributed by atoms with van der Waals surface area (Å²) in [5, 5.41) is 30.4. The van der Waals surface area contributed by atoms with E-state index in [1.165, 1.54) is 30.7 Å². The molecule has 0 fully saturated rings. The zero-order valence-electron chi connectivity index (χ0n) is 31.1. The lowest BCUT2D eigenvalue weighted by Gasteiger charge is -2.35. The number of hydrogen-bond donors (Lipinski definition) is 6. The summed E-state index contributed by atoms with van der Waals surface area (Å²) in [5.41, 5.74) is 2.45. The van der Waals surface area contributed by atoms with Crippen LogP contribution in [0.3, 0.4) is 0 Å². The van der Waals surface area contributed by atoms with E-state index in [1.54, 1.807) is 23.8 Å². The highest BCUT2D eigenvalue weighted by atomic mass is 32.1. The third kappa shape index (κ3) is 14.8. The summed E-state index contributed by atoms with van der Waals surface area (Å²) in [7, 11) is 1.48. The number of nitrogens with one attached hydrogen (secondary N) is 5. The molecule has 1 aromatic heterocycles. The maximum atomic E-state index is 13.8. The van der Waals surface area contributed by atoms with Gasteiger partial charge in [-0.15, -0.1) is 11.3 Å². The molecule has 1 aromatic rings. The fourth-order valence-electron chi connectivity index (χ4n) is 5.36. The Bertz CT molecular complexity index is 1360. The van der Waals surface area contributed by atoms with Crippen LogP contribution in [0.1, 0.15) is 80.3 Å². The van der Waals surface area contributed by atoms with Gasteiger partial charge in [-0.05, 0) is 44.1 Å². The van der Waals surface area contributed by atoms with Crippen LogP contribution < -0.4 is 31.9 Å². The number of quaternary nitrogens is 2. The van der Waals surface area contributed by atoms with Crippen molar-refractivity contribution in [1.82, 2.24) is 31.6 Å². The molecule has 0 bridgehead atoms. The van der Waals surface area contributed by atoms with E-state index in [0.717, 1.165) is 5.69 Å². The van der Waals surface area contributed by atoms with Crippen molar-refractivity contribution in [1.29, 1.82) is 0 Å². The Morgan fingerprint density at radius 1 is 1.00 bits per heavy atom. The second kappa shape index (κ2) is 19.8. The van der Waals surface area contributed by atoms with Crippen LogP contribution in [-0.2, 0) is 30.4 Å². The molecule has 2 heterocycles. The lowest BCUT2D eigenvalue weighted by atomic mass is 9.87. The highest BCUT2D eigenvalue weighted by Gasteiger charge is 2.32. The average molecular weight is 720 g/mol. The summed E-state index contributed by atoms with van der Waals surface area (Å²) < 4.78 is -0.626. The summed E-state index contributed by atoms with van der Waals surface area (Å²) >= 11 is 1.43. The van der Waals surface area contributed by atoms with Gasteiger partial charge in [-0.1, -0.05) is 48.0 Å². The third-order valence-corrected chi connectivity index (χ3v) is 8.81. The van der Waals surface area contributed by atoms with Crippen LogP contribution in [0.2, 0.25) is 0 Å². The van der Waals surface area contributed by atoms with Crippen LogP contribution in [0, 0.1) is 16.5 Å². The molecular formula is C35H59N8O6S+. The molecule has 5 amide bonds. The summed E-state index contributed by atoms with van der Waals surface area (Å²) in [6.45, 7) is 16.0. The van der Waals surface area contributed by atoms with Crippen LogP contribution >= 0.6 is 11.3 Å². The molecule has 1 unspecified atom stereocenters. The first-order valence-electron chi connectivity index (χ1n) is 17.5.